The van der Waals surface area contributed by atoms with E-state index in [9.17, 15) is 19.8 Å². The molecule has 0 heterocycles. The van der Waals surface area contributed by atoms with E-state index in [-0.39, 0.29) is 24.9 Å². The van der Waals surface area contributed by atoms with Crippen molar-refractivity contribution in [1.29, 1.82) is 0 Å². The van der Waals surface area contributed by atoms with E-state index in [4.69, 9.17) is 4.74 Å². The summed E-state index contributed by atoms with van der Waals surface area (Å²) in [4.78, 5) is 25.9. The second kappa shape index (κ2) is 41.5. The number of nitrogens with one attached hydrogen (secondary N) is 1. The summed E-state index contributed by atoms with van der Waals surface area (Å²) in [5, 5.41) is 23.6. The van der Waals surface area contributed by atoms with Gasteiger partial charge in [-0.3, -0.25) is 9.59 Å². The van der Waals surface area contributed by atoms with Crippen molar-refractivity contribution in [3.63, 3.8) is 0 Å². The van der Waals surface area contributed by atoms with Gasteiger partial charge in [-0.25, -0.2) is 0 Å². The van der Waals surface area contributed by atoms with Crippen molar-refractivity contribution >= 4 is 11.9 Å². The number of carbonyl (C=O) groups excluding carboxylic acids is 2. The Balaban J connectivity index is 4.46. The lowest BCUT2D eigenvalue weighted by Gasteiger charge is -2.24. The van der Waals surface area contributed by atoms with Crippen molar-refractivity contribution in [3.05, 3.63) is 24.3 Å². The zero-order valence-electron chi connectivity index (χ0n) is 35.4. The Morgan fingerprint density at radius 3 is 1.40 bits per heavy atom. The third-order valence-electron chi connectivity index (χ3n) is 10.6. The Morgan fingerprint density at radius 1 is 0.547 bits per heavy atom. The highest BCUT2D eigenvalue weighted by Gasteiger charge is 2.24. The average molecular weight is 748 g/mol. The molecule has 312 valence electrons. The van der Waals surface area contributed by atoms with Crippen LogP contribution in [0.15, 0.2) is 24.3 Å². The van der Waals surface area contributed by atoms with Crippen LogP contribution in [-0.4, -0.2) is 46.9 Å². The van der Waals surface area contributed by atoms with Gasteiger partial charge in [0.25, 0.3) is 0 Å². The fourth-order valence-corrected chi connectivity index (χ4v) is 7.01. The molecule has 0 aromatic carbocycles. The number of unbranched alkanes of at least 4 members (excludes halogenated alkanes) is 26. The summed E-state index contributed by atoms with van der Waals surface area (Å²) in [5.41, 5.74) is 0. The first kappa shape index (κ1) is 51.3. The van der Waals surface area contributed by atoms with Crippen LogP contribution in [0.25, 0.3) is 0 Å². The molecule has 0 aromatic heterocycles. The van der Waals surface area contributed by atoms with Crippen molar-refractivity contribution in [2.24, 2.45) is 0 Å². The van der Waals surface area contributed by atoms with Gasteiger partial charge in [-0.05, 0) is 51.4 Å². The fourth-order valence-electron chi connectivity index (χ4n) is 7.01. The van der Waals surface area contributed by atoms with Crippen molar-refractivity contribution < 1.29 is 24.5 Å². The molecule has 3 N–H and O–H groups in total. The molecule has 0 spiro atoms. The molecule has 0 fully saturated rings. The molecule has 1 amide bonds. The third-order valence-corrected chi connectivity index (χ3v) is 10.6. The molecule has 6 heteroatoms. The first-order valence-electron chi connectivity index (χ1n) is 23.1. The molecule has 0 bridgehead atoms. The SMILES string of the molecule is CCCCCCCCC/C=C/C=C/CCCCCC(=O)OC(CCCCCCCCC)CC(=O)NC(CO)C(O)CCCCCCCCCCCCC. The van der Waals surface area contributed by atoms with Crippen molar-refractivity contribution in [2.45, 2.75) is 257 Å². The molecule has 0 aliphatic heterocycles. The van der Waals surface area contributed by atoms with Crippen molar-refractivity contribution in [1.82, 2.24) is 5.32 Å². The molecule has 0 saturated heterocycles. The second-order valence-corrected chi connectivity index (χ2v) is 15.8. The Morgan fingerprint density at radius 2 is 0.943 bits per heavy atom. The maximum atomic E-state index is 13.1. The molecule has 0 saturated carbocycles. The quantitative estimate of drug-likeness (QED) is 0.0329. The Labute approximate surface area is 329 Å². The summed E-state index contributed by atoms with van der Waals surface area (Å²) in [6.07, 6.45) is 45.3. The average Bonchev–Trinajstić information content (AvgIpc) is 3.15. The van der Waals surface area contributed by atoms with Crippen LogP contribution in [0.1, 0.15) is 239 Å². The van der Waals surface area contributed by atoms with Gasteiger partial charge in [0.1, 0.15) is 6.10 Å². The molecule has 3 atom stereocenters. The molecule has 0 aliphatic carbocycles. The van der Waals surface area contributed by atoms with E-state index in [2.05, 4.69) is 50.4 Å². The van der Waals surface area contributed by atoms with E-state index in [1.54, 1.807) is 0 Å². The minimum atomic E-state index is -0.785. The predicted octanol–water partition coefficient (Wildman–Crippen LogP) is 13.2. The minimum Gasteiger partial charge on any atom is -0.462 e. The number of aliphatic hydroxyl groups excluding tert-OH is 2. The van der Waals surface area contributed by atoms with Gasteiger partial charge < -0.3 is 20.3 Å². The molecule has 0 aromatic rings. The highest BCUT2D eigenvalue weighted by atomic mass is 16.5. The van der Waals surface area contributed by atoms with Gasteiger partial charge >= 0.3 is 5.97 Å². The Bertz CT molecular complexity index is 843. The predicted molar refractivity (Wildman–Crippen MR) is 227 cm³/mol. The number of rotatable bonds is 41. The first-order valence-corrected chi connectivity index (χ1v) is 23.1. The summed E-state index contributed by atoms with van der Waals surface area (Å²) >= 11 is 0. The molecule has 3 unspecified atom stereocenters. The highest BCUT2D eigenvalue weighted by Crippen LogP contribution is 2.17. The van der Waals surface area contributed by atoms with E-state index >= 15 is 0 Å². The lowest BCUT2D eigenvalue weighted by molar-refractivity contribution is -0.151. The van der Waals surface area contributed by atoms with Gasteiger partial charge in [-0.15, -0.1) is 0 Å². The number of hydrogen-bond donors (Lipinski definition) is 3. The molecule has 53 heavy (non-hydrogen) atoms. The van der Waals surface area contributed by atoms with E-state index in [0.717, 1.165) is 70.6 Å². The summed E-state index contributed by atoms with van der Waals surface area (Å²) in [7, 11) is 0. The van der Waals surface area contributed by atoms with E-state index in [0.29, 0.717) is 19.3 Å². The number of ether oxygens (including phenoxy) is 1. The number of allylic oxidation sites excluding steroid dienone is 4. The zero-order chi connectivity index (χ0) is 38.9. The monoisotopic (exact) mass is 748 g/mol. The van der Waals surface area contributed by atoms with Gasteiger partial charge in [0.05, 0.1) is 25.2 Å². The van der Waals surface area contributed by atoms with Gasteiger partial charge in [-0.1, -0.05) is 199 Å². The number of aliphatic hydroxyl groups is 2. The lowest BCUT2D eigenvalue weighted by atomic mass is 10.0. The number of amides is 1. The molecular formula is C47H89NO5. The number of hydrogen-bond acceptors (Lipinski definition) is 5. The Hall–Kier alpha value is -1.66. The topological polar surface area (TPSA) is 95.9 Å². The molecule has 6 nitrogen and oxygen atoms in total. The van der Waals surface area contributed by atoms with Crippen LogP contribution in [0.5, 0.6) is 0 Å². The van der Waals surface area contributed by atoms with Crippen molar-refractivity contribution in [3.8, 4) is 0 Å². The van der Waals surface area contributed by atoms with Crippen LogP contribution < -0.4 is 5.32 Å². The normalized spacial score (nSPS) is 13.5. The molecular weight excluding hydrogens is 659 g/mol. The summed E-state index contributed by atoms with van der Waals surface area (Å²) in [6, 6.07) is -0.699. The lowest BCUT2D eigenvalue weighted by Crippen LogP contribution is -2.46. The van der Waals surface area contributed by atoms with E-state index in [1.165, 1.54) is 122 Å². The van der Waals surface area contributed by atoms with Gasteiger partial charge in [-0.2, -0.15) is 0 Å². The standard InChI is InChI=1S/C47H89NO5/c1-4-7-10-13-16-18-20-21-22-23-24-26-28-31-34-37-40-47(52)53-43(38-35-32-29-15-12-9-6-3)41-46(51)48-44(42-49)45(50)39-36-33-30-27-25-19-17-14-11-8-5-2/h22-24,26,43-45,49-50H,4-21,25,27-42H2,1-3H3,(H,48,51)/b23-22+,26-24+. The summed E-state index contributed by atoms with van der Waals surface area (Å²) in [5.74, 6) is -0.504. The fraction of sp³-hybridized carbons (Fsp3) is 0.872. The van der Waals surface area contributed by atoms with Crippen LogP contribution in [0.4, 0.5) is 0 Å². The smallest absolute Gasteiger partial charge is 0.306 e. The van der Waals surface area contributed by atoms with E-state index in [1.807, 2.05) is 0 Å². The first-order chi connectivity index (χ1) is 26.0. The largest absolute Gasteiger partial charge is 0.462 e. The number of esters is 1. The van der Waals surface area contributed by atoms with Gasteiger partial charge in [0.15, 0.2) is 0 Å². The van der Waals surface area contributed by atoms with Crippen LogP contribution in [0.3, 0.4) is 0 Å². The third kappa shape index (κ3) is 37.1. The summed E-state index contributed by atoms with van der Waals surface area (Å²) < 4.78 is 5.86. The molecule has 0 rings (SSSR count). The minimum absolute atomic E-state index is 0.0700. The molecule has 0 radical (unpaired) electrons. The zero-order valence-corrected chi connectivity index (χ0v) is 35.4. The van der Waals surface area contributed by atoms with Crippen LogP contribution >= 0.6 is 0 Å². The maximum Gasteiger partial charge on any atom is 0.306 e. The van der Waals surface area contributed by atoms with Crippen LogP contribution in [0, 0.1) is 0 Å². The van der Waals surface area contributed by atoms with Gasteiger partial charge in [0.2, 0.25) is 5.91 Å². The molecule has 0 aliphatic rings. The maximum absolute atomic E-state index is 13.1. The number of carbonyl (C=O) groups is 2. The van der Waals surface area contributed by atoms with Crippen molar-refractivity contribution in [2.75, 3.05) is 6.61 Å². The highest BCUT2D eigenvalue weighted by molar-refractivity contribution is 5.77. The van der Waals surface area contributed by atoms with Gasteiger partial charge in [0, 0.05) is 6.42 Å². The van der Waals surface area contributed by atoms with E-state index < -0.39 is 18.2 Å². The summed E-state index contributed by atoms with van der Waals surface area (Å²) in [6.45, 7) is 6.43. The second-order valence-electron chi connectivity index (χ2n) is 15.8. The van der Waals surface area contributed by atoms with Crippen LogP contribution in [-0.2, 0) is 14.3 Å². The van der Waals surface area contributed by atoms with Crippen LogP contribution in [0.2, 0.25) is 0 Å². The Kier molecular flexibility index (Phi) is 40.2.